The molecule has 0 aliphatic rings. The molecule has 0 aliphatic carbocycles. The van der Waals surface area contributed by atoms with E-state index >= 15 is 0 Å². The van der Waals surface area contributed by atoms with Crippen molar-refractivity contribution in [2.75, 3.05) is 6.54 Å². The van der Waals surface area contributed by atoms with Crippen molar-refractivity contribution in [1.29, 1.82) is 0 Å². The molecule has 124 valence electrons. The third-order valence-corrected chi connectivity index (χ3v) is 4.03. The van der Waals surface area contributed by atoms with Crippen LogP contribution in [0.1, 0.15) is 78.6 Å². The van der Waals surface area contributed by atoms with Crippen LogP contribution in [0.5, 0.6) is 0 Å². The number of aliphatic hydroxyl groups is 1. The molecule has 5 heteroatoms. The van der Waals surface area contributed by atoms with Crippen LogP contribution in [0.25, 0.3) is 0 Å². The zero-order chi connectivity index (χ0) is 16.9. The van der Waals surface area contributed by atoms with Gasteiger partial charge in [-0.3, -0.25) is 9.59 Å². The molecule has 0 saturated carbocycles. The second-order valence-corrected chi connectivity index (χ2v) is 6.09. The van der Waals surface area contributed by atoms with E-state index in [0.717, 1.165) is 12.8 Å². The molecule has 0 aromatic carbocycles. The molecule has 1 aromatic rings. The first kappa shape index (κ1) is 18.4. The van der Waals surface area contributed by atoms with Gasteiger partial charge in [0.25, 0.3) is 5.91 Å². The lowest BCUT2D eigenvalue weighted by Crippen LogP contribution is -2.43. The molecular weight excluding hydrogens is 280 g/mol. The molecule has 0 spiro atoms. The third-order valence-electron chi connectivity index (χ3n) is 4.03. The van der Waals surface area contributed by atoms with Crippen LogP contribution in [-0.4, -0.2) is 33.9 Å². The zero-order valence-electron chi connectivity index (χ0n) is 14.3. The number of H-pyrrole nitrogens is 1. The lowest BCUT2D eigenvalue weighted by atomic mass is 9.92. The molecule has 0 unspecified atom stereocenters. The number of carbonyl (C=O) groups is 2. The molecule has 1 rings (SSSR count). The number of aromatic nitrogens is 1. The maximum absolute atomic E-state index is 12.3. The fourth-order valence-corrected chi connectivity index (χ4v) is 3.07. The molecule has 0 atom stereocenters. The molecule has 0 radical (unpaired) electrons. The fraction of sp³-hybridized carbons (Fsp3) is 0.647. The molecule has 22 heavy (non-hydrogen) atoms. The summed E-state index contributed by atoms with van der Waals surface area (Å²) in [4.78, 5) is 26.9. The Morgan fingerprint density at radius 1 is 1.18 bits per heavy atom. The van der Waals surface area contributed by atoms with Gasteiger partial charge >= 0.3 is 0 Å². The predicted molar refractivity (Wildman–Crippen MR) is 87.4 cm³/mol. The zero-order valence-corrected chi connectivity index (χ0v) is 14.3. The van der Waals surface area contributed by atoms with Crippen molar-refractivity contribution in [1.82, 2.24) is 10.3 Å². The first-order valence-electron chi connectivity index (χ1n) is 7.96. The standard InChI is InChI=1S/C17H28N2O3/c1-6-8-17(22,9-7-2)10-18-16(21)15-11(3)14(13(5)20)12(4)19-15/h19,22H,6-10H2,1-5H3,(H,18,21). The van der Waals surface area contributed by atoms with Gasteiger partial charge in [0.15, 0.2) is 5.78 Å². The van der Waals surface area contributed by atoms with E-state index in [1.54, 1.807) is 13.8 Å². The smallest absolute Gasteiger partial charge is 0.268 e. The number of aromatic amines is 1. The summed E-state index contributed by atoms with van der Waals surface area (Å²) >= 11 is 0. The molecule has 0 saturated heterocycles. The Bertz CT molecular complexity index is 540. The van der Waals surface area contributed by atoms with E-state index in [0.29, 0.717) is 35.4 Å². The van der Waals surface area contributed by atoms with Gasteiger partial charge in [0.2, 0.25) is 0 Å². The highest BCUT2D eigenvalue weighted by atomic mass is 16.3. The molecule has 1 amide bonds. The van der Waals surface area contributed by atoms with Crippen LogP contribution >= 0.6 is 0 Å². The topological polar surface area (TPSA) is 82.2 Å². The Morgan fingerprint density at radius 2 is 1.73 bits per heavy atom. The first-order chi connectivity index (χ1) is 10.3. The minimum Gasteiger partial charge on any atom is -0.388 e. The predicted octanol–water partition coefficient (Wildman–Crippen LogP) is 2.90. The average molecular weight is 308 g/mol. The molecule has 0 bridgehead atoms. The summed E-state index contributed by atoms with van der Waals surface area (Å²) in [5.41, 5.74) is 1.48. The van der Waals surface area contributed by atoms with Crippen molar-refractivity contribution in [2.24, 2.45) is 0 Å². The highest BCUT2D eigenvalue weighted by Crippen LogP contribution is 2.20. The van der Waals surface area contributed by atoms with E-state index in [1.807, 2.05) is 13.8 Å². The average Bonchev–Trinajstić information content (AvgIpc) is 2.72. The van der Waals surface area contributed by atoms with Gasteiger partial charge in [0.1, 0.15) is 5.69 Å². The number of nitrogens with one attached hydrogen (secondary N) is 2. The second kappa shape index (κ2) is 7.58. The fourth-order valence-electron chi connectivity index (χ4n) is 3.07. The van der Waals surface area contributed by atoms with Gasteiger partial charge in [-0.2, -0.15) is 0 Å². The summed E-state index contributed by atoms with van der Waals surface area (Å²) in [5, 5.41) is 13.3. The van der Waals surface area contributed by atoms with E-state index in [2.05, 4.69) is 10.3 Å². The van der Waals surface area contributed by atoms with Crippen LogP contribution in [-0.2, 0) is 0 Å². The quantitative estimate of drug-likeness (QED) is 0.646. The van der Waals surface area contributed by atoms with Gasteiger partial charge < -0.3 is 15.4 Å². The normalized spacial score (nSPS) is 11.5. The van der Waals surface area contributed by atoms with Gasteiger partial charge in [0, 0.05) is 17.8 Å². The number of Topliss-reactive ketones (excluding diaryl/α,β-unsaturated/α-hetero) is 1. The number of carbonyl (C=O) groups excluding carboxylic acids is 2. The molecule has 5 nitrogen and oxygen atoms in total. The Kier molecular flexibility index (Phi) is 6.35. The molecular formula is C17H28N2O3. The Morgan fingerprint density at radius 3 is 2.14 bits per heavy atom. The van der Waals surface area contributed by atoms with E-state index in [4.69, 9.17) is 0 Å². The van der Waals surface area contributed by atoms with Gasteiger partial charge in [-0.25, -0.2) is 0 Å². The lowest BCUT2D eigenvalue weighted by molar-refractivity contribution is 0.0212. The molecule has 1 aromatic heterocycles. The monoisotopic (exact) mass is 308 g/mol. The molecule has 0 fully saturated rings. The van der Waals surface area contributed by atoms with Crippen LogP contribution in [0.15, 0.2) is 0 Å². The maximum atomic E-state index is 12.3. The summed E-state index contributed by atoms with van der Waals surface area (Å²) in [6.07, 6.45) is 3.04. The summed E-state index contributed by atoms with van der Waals surface area (Å²) in [6.45, 7) is 9.29. The van der Waals surface area contributed by atoms with Crippen molar-refractivity contribution >= 4 is 11.7 Å². The Hall–Kier alpha value is -1.62. The van der Waals surface area contributed by atoms with Crippen molar-refractivity contribution in [3.63, 3.8) is 0 Å². The highest BCUT2D eigenvalue weighted by Gasteiger charge is 2.27. The van der Waals surface area contributed by atoms with E-state index in [-0.39, 0.29) is 18.2 Å². The summed E-state index contributed by atoms with van der Waals surface area (Å²) in [6, 6.07) is 0. The minimum atomic E-state index is -0.863. The van der Waals surface area contributed by atoms with Crippen molar-refractivity contribution in [3.05, 3.63) is 22.5 Å². The Labute approximate surface area is 132 Å². The maximum Gasteiger partial charge on any atom is 0.268 e. The van der Waals surface area contributed by atoms with Crippen LogP contribution < -0.4 is 5.32 Å². The van der Waals surface area contributed by atoms with Crippen LogP contribution in [0.2, 0.25) is 0 Å². The van der Waals surface area contributed by atoms with E-state index < -0.39 is 5.60 Å². The third kappa shape index (κ3) is 4.19. The number of amides is 1. The minimum absolute atomic E-state index is 0.0567. The summed E-state index contributed by atoms with van der Waals surface area (Å²) < 4.78 is 0. The summed E-state index contributed by atoms with van der Waals surface area (Å²) in [5.74, 6) is -0.336. The largest absolute Gasteiger partial charge is 0.388 e. The van der Waals surface area contributed by atoms with Crippen molar-refractivity contribution < 1.29 is 14.7 Å². The molecule has 0 aliphatic heterocycles. The number of hydrogen-bond acceptors (Lipinski definition) is 3. The lowest BCUT2D eigenvalue weighted by Gasteiger charge is -2.27. The SMILES string of the molecule is CCCC(O)(CCC)CNC(=O)c1[nH]c(C)c(C(C)=O)c1C. The molecule has 3 N–H and O–H groups in total. The number of ketones is 1. The van der Waals surface area contributed by atoms with Crippen molar-refractivity contribution in [2.45, 2.75) is 65.9 Å². The highest BCUT2D eigenvalue weighted by molar-refractivity contribution is 6.02. The Balaban J connectivity index is 2.86. The van der Waals surface area contributed by atoms with Gasteiger partial charge in [-0.15, -0.1) is 0 Å². The van der Waals surface area contributed by atoms with Gasteiger partial charge in [0.05, 0.1) is 5.60 Å². The summed E-state index contributed by atoms with van der Waals surface area (Å²) in [7, 11) is 0. The van der Waals surface area contributed by atoms with Gasteiger partial charge in [-0.05, 0) is 39.2 Å². The molecule has 1 heterocycles. The number of hydrogen-bond donors (Lipinski definition) is 3. The van der Waals surface area contributed by atoms with Crippen molar-refractivity contribution in [3.8, 4) is 0 Å². The van der Waals surface area contributed by atoms with Crippen LogP contribution in [0.4, 0.5) is 0 Å². The van der Waals surface area contributed by atoms with Crippen LogP contribution in [0.3, 0.4) is 0 Å². The first-order valence-corrected chi connectivity index (χ1v) is 7.96. The van der Waals surface area contributed by atoms with E-state index in [1.165, 1.54) is 6.92 Å². The number of rotatable bonds is 8. The van der Waals surface area contributed by atoms with Crippen LogP contribution in [0, 0.1) is 13.8 Å². The second-order valence-electron chi connectivity index (χ2n) is 6.09. The van der Waals surface area contributed by atoms with E-state index in [9.17, 15) is 14.7 Å². The number of aryl methyl sites for hydroxylation is 1. The van der Waals surface area contributed by atoms with Gasteiger partial charge in [-0.1, -0.05) is 26.7 Å².